The highest BCUT2D eigenvalue weighted by molar-refractivity contribution is 5.00. The van der Waals surface area contributed by atoms with E-state index < -0.39 is 0 Å². The third kappa shape index (κ3) is 2.45. The molecule has 0 aromatic rings. The van der Waals surface area contributed by atoms with Gasteiger partial charge in [0.1, 0.15) is 0 Å². The maximum atomic E-state index is 6.73. The van der Waals surface area contributed by atoms with E-state index in [0.29, 0.717) is 6.10 Å². The van der Waals surface area contributed by atoms with Crippen molar-refractivity contribution in [3.05, 3.63) is 0 Å². The maximum absolute atomic E-state index is 6.73. The molecule has 2 atom stereocenters. The molecule has 1 saturated carbocycles. The first kappa shape index (κ1) is 12.9. The lowest BCUT2D eigenvalue weighted by Crippen LogP contribution is -2.63. The molecule has 0 radical (unpaired) electrons. The van der Waals surface area contributed by atoms with Crippen molar-refractivity contribution in [2.45, 2.75) is 75.6 Å². The van der Waals surface area contributed by atoms with Gasteiger partial charge in [-0.3, -0.25) is 0 Å². The lowest BCUT2D eigenvalue weighted by Gasteiger charge is -2.53. The molecular weight excluding hydrogens is 226 g/mol. The summed E-state index contributed by atoms with van der Waals surface area (Å²) in [4.78, 5) is 0. The molecule has 1 aliphatic carbocycles. The molecule has 3 nitrogen and oxygen atoms in total. The molecular formula is C15H27NO2. The van der Waals surface area contributed by atoms with Gasteiger partial charge in [-0.25, -0.2) is 0 Å². The van der Waals surface area contributed by atoms with Gasteiger partial charge in [0.15, 0.2) is 0 Å². The van der Waals surface area contributed by atoms with Gasteiger partial charge >= 0.3 is 0 Å². The van der Waals surface area contributed by atoms with E-state index in [2.05, 4.69) is 12.2 Å². The van der Waals surface area contributed by atoms with Crippen LogP contribution in [0.2, 0.25) is 0 Å². The van der Waals surface area contributed by atoms with Crippen molar-refractivity contribution in [2.75, 3.05) is 19.7 Å². The Morgan fingerprint density at radius 2 is 1.83 bits per heavy atom. The van der Waals surface area contributed by atoms with E-state index in [1.165, 1.54) is 32.1 Å². The van der Waals surface area contributed by atoms with Crippen molar-refractivity contribution < 1.29 is 9.47 Å². The fourth-order valence-electron chi connectivity index (χ4n) is 4.03. The minimum absolute atomic E-state index is 0.0640. The number of hydrogen-bond acceptors (Lipinski definition) is 3. The summed E-state index contributed by atoms with van der Waals surface area (Å²) < 4.78 is 12.6. The van der Waals surface area contributed by atoms with Gasteiger partial charge in [0.2, 0.25) is 0 Å². The number of rotatable bonds is 1. The van der Waals surface area contributed by atoms with Gasteiger partial charge in [-0.1, -0.05) is 26.2 Å². The minimum atomic E-state index is 0.0640. The Hall–Kier alpha value is -0.120. The van der Waals surface area contributed by atoms with E-state index >= 15 is 0 Å². The molecule has 3 fully saturated rings. The summed E-state index contributed by atoms with van der Waals surface area (Å²) in [5.74, 6) is 0. The zero-order chi connectivity index (χ0) is 12.5. The standard InChI is InChI=1S/C15H27NO2/c1-2-13-10-15(8-9-17-13)12-16-11-14(18-15)6-4-3-5-7-14/h13,16H,2-12H2,1H3. The van der Waals surface area contributed by atoms with Crippen LogP contribution in [-0.2, 0) is 9.47 Å². The summed E-state index contributed by atoms with van der Waals surface area (Å²) in [6, 6.07) is 0. The first-order valence-corrected chi connectivity index (χ1v) is 7.78. The monoisotopic (exact) mass is 253 g/mol. The first-order valence-electron chi connectivity index (χ1n) is 7.78. The van der Waals surface area contributed by atoms with Crippen molar-refractivity contribution >= 4 is 0 Å². The molecule has 104 valence electrons. The van der Waals surface area contributed by atoms with Crippen LogP contribution in [0.1, 0.15) is 58.3 Å². The van der Waals surface area contributed by atoms with Crippen molar-refractivity contribution in [3.63, 3.8) is 0 Å². The van der Waals surface area contributed by atoms with Gasteiger partial charge in [0, 0.05) is 32.5 Å². The normalized spacial score (nSPS) is 40.2. The van der Waals surface area contributed by atoms with Gasteiger partial charge in [-0.15, -0.1) is 0 Å². The number of nitrogens with one attached hydrogen (secondary N) is 1. The van der Waals surface area contributed by atoms with Crippen LogP contribution >= 0.6 is 0 Å². The third-order valence-electron chi connectivity index (χ3n) is 5.06. The predicted molar refractivity (Wildman–Crippen MR) is 71.8 cm³/mol. The van der Waals surface area contributed by atoms with Crippen LogP contribution in [0.15, 0.2) is 0 Å². The van der Waals surface area contributed by atoms with E-state index in [-0.39, 0.29) is 11.2 Å². The SMILES string of the molecule is CCC1CC2(CCO1)CNCC1(CCCCC1)O2. The highest BCUT2D eigenvalue weighted by Crippen LogP contribution is 2.41. The fourth-order valence-corrected chi connectivity index (χ4v) is 4.03. The van der Waals surface area contributed by atoms with Gasteiger partial charge in [-0.05, 0) is 19.3 Å². The van der Waals surface area contributed by atoms with Crippen molar-refractivity contribution in [2.24, 2.45) is 0 Å². The Morgan fingerprint density at radius 1 is 1.06 bits per heavy atom. The second-order valence-corrected chi connectivity index (χ2v) is 6.49. The zero-order valence-corrected chi connectivity index (χ0v) is 11.7. The van der Waals surface area contributed by atoms with E-state index in [9.17, 15) is 0 Å². The van der Waals surface area contributed by atoms with Crippen molar-refractivity contribution in [1.29, 1.82) is 0 Å². The Morgan fingerprint density at radius 3 is 2.61 bits per heavy atom. The maximum Gasteiger partial charge on any atom is 0.0861 e. The molecule has 2 heterocycles. The van der Waals surface area contributed by atoms with E-state index in [0.717, 1.165) is 39.0 Å². The highest BCUT2D eigenvalue weighted by atomic mass is 16.5. The van der Waals surface area contributed by atoms with Crippen molar-refractivity contribution in [1.82, 2.24) is 5.32 Å². The van der Waals surface area contributed by atoms with Gasteiger partial charge in [0.25, 0.3) is 0 Å². The first-order chi connectivity index (χ1) is 8.76. The van der Waals surface area contributed by atoms with Gasteiger partial charge in [-0.2, -0.15) is 0 Å². The molecule has 0 aromatic heterocycles. The molecule has 18 heavy (non-hydrogen) atoms. The number of hydrogen-bond donors (Lipinski definition) is 1. The second kappa shape index (κ2) is 5.10. The minimum Gasteiger partial charge on any atom is -0.378 e. The molecule has 0 bridgehead atoms. The predicted octanol–water partition coefficient (Wildman–Crippen LogP) is 2.64. The average molecular weight is 253 g/mol. The van der Waals surface area contributed by atoms with E-state index in [1.807, 2.05) is 0 Å². The zero-order valence-electron chi connectivity index (χ0n) is 11.7. The molecule has 2 spiro atoms. The van der Waals surface area contributed by atoms with Crippen LogP contribution in [-0.4, -0.2) is 37.0 Å². The third-order valence-corrected chi connectivity index (χ3v) is 5.06. The molecule has 0 amide bonds. The summed E-state index contributed by atoms with van der Waals surface area (Å²) in [6.45, 7) is 5.17. The molecule has 0 aromatic carbocycles. The largest absolute Gasteiger partial charge is 0.378 e. The molecule has 3 rings (SSSR count). The Kier molecular flexibility index (Phi) is 3.65. The van der Waals surface area contributed by atoms with Crippen LogP contribution in [0.5, 0.6) is 0 Å². The summed E-state index contributed by atoms with van der Waals surface area (Å²) in [5.41, 5.74) is 0.209. The molecule has 2 aliphatic heterocycles. The molecule has 2 unspecified atom stereocenters. The summed E-state index contributed by atoms with van der Waals surface area (Å²) in [5, 5.41) is 3.67. The average Bonchev–Trinajstić information content (AvgIpc) is 2.39. The van der Waals surface area contributed by atoms with Crippen LogP contribution in [0, 0.1) is 0 Å². The van der Waals surface area contributed by atoms with Crippen LogP contribution in [0.25, 0.3) is 0 Å². The second-order valence-electron chi connectivity index (χ2n) is 6.49. The molecule has 2 saturated heterocycles. The van der Waals surface area contributed by atoms with Gasteiger partial charge < -0.3 is 14.8 Å². The number of morpholine rings is 1. The molecule has 3 heteroatoms. The van der Waals surface area contributed by atoms with Crippen LogP contribution in [0.4, 0.5) is 0 Å². The Balaban J connectivity index is 1.72. The quantitative estimate of drug-likeness (QED) is 0.779. The van der Waals surface area contributed by atoms with Crippen molar-refractivity contribution in [3.8, 4) is 0 Å². The van der Waals surface area contributed by atoms with E-state index in [4.69, 9.17) is 9.47 Å². The summed E-state index contributed by atoms with van der Waals surface area (Å²) >= 11 is 0. The van der Waals surface area contributed by atoms with Gasteiger partial charge in [0.05, 0.1) is 17.3 Å². The molecule has 3 aliphatic rings. The lowest BCUT2D eigenvalue weighted by molar-refractivity contribution is -0.228. The summed E-state index contributed by atoms with van der Waals surface area (Å²) in [7, 11) is 0. The fraction of sp³-hybridized carbons (Fsp3) is 1.00. The smallest absolute Gasteiger partial charge is 0.0861 e. The van der Waals surface area contributed by atoms with Crippen LogP contribution < -0.4 is 5.32 Å². The van der Waals surface area contributed by atoms with Crippen LogP contribution in [0.3, 0.4) is 0 Å². The Labute approximate surface area is 111 Å². The van der Waals surface area contributed by atoms with E-state index in [1.54, 1.807) is 0 Å². The molecule has 1 N–H and O–H groups in total. The summed E-state index contributed by atoms with van der Waals surface area (Å²) in [6.07, 6.45) is 10.2. The lowest BCUT2D eigenvalue weighted by atomic mass is 9.79. The highest BCUT2D eigenvalue weighted by Gasteiger charge is 2.48. The Bertz CT molecular complexity index is 279. The topological polar surface area (TPSA) is 30.5 Å². The number of ether oxygens (including phenoxy) is 2.